The lowest BCUT2D eigenvalue weighted by atomic mass is 10.4. The van der Waals surface area contributed by atoms with Gasteiger partial charge in [-0.05, 0) is 6.08 Å². The molecule has 3 atom stereocenters. The van der Waals surface area contributed by atoms with E-state index in [1.165, 1.54) is 6.08 Å². The normalized spacial score (nSPS) is 19.0. The van der Waals surface area contributed by atoms with Crippen LogP contribution in [-0.2, 0) is 19.9 Å². The number of hydrogen-bond donors (Lipinski definition) is 1. The Morgan fingerprint density at radius 1 is 1.67 bits per heavy atom. The maximum Gasteiger partial charge on any atom is 0.325 e. The van der Waals surface area contributed by atoms with Gasteiger partial charge in [0.05, 0.1) is 11.9 Å². The Balaban J connectivity index is 4.46. The smallest absolute Gasteiger partial charge is 0.324 e. The third-order valence-corrected chi connectivity index (χ3v) is 3.81. The van der Waals surface area contributed by atoms with E-state index in [0.717, 1.165) is 6.66 Å². The van der Waals surface area contributed by atoms with E-state index < -0.39 is 23.6 Å². The van der Waals surface area contributed by atoms with Crippen molar-refractivity contribution in [2.24, 2.45) is 0 Å². The zero-order valence-corrected chi connectivity index (χ0v) is 11.6. The van der Waals surface area contributed by atoms with E-state index in [9.17, 15) is 8.77 Å². The molecule has 0 amide bonds. The summed E-state index contributed by atoms with van der Waals surface area (Å²) in [5, 5.41) is -0.569. The average molecular weight is 295 g/mol. The lowest BCUT2D eigenvalue weighted by Gasteiger charge is -2.13. The molecule has 0 aliphatic carbocycles. The molecule has 0 fully saturated rings. The second-order valence-corrected chi connectivity index (χ2v) is 7.58. The molecule has 90 valence electrons. The zero-order chi connectivity index (χ0) is 12.1. The topological polar surface area (TPSA) is 63.6 Å². The minimum absolute atomic E-state index is 0.0331. The molecular formula is C7H13Cl2O4PS. The van der Waals surface area contributed by atoms with Crippen molar-refractivity contribution in [2.75, 3.05) is 19.0 Å². The van der Waals surface area contributed by atoms with Crippen LogP contribution in [0.5, 0.6) is 0 Å². The van der Waals surface area contributed by atoms with E-state index in [4.69, 9.17) is 28.1 Å². The highest BCUT2D eigenvalue weighted by molar-refractivity contribution is 7.85. The summed E-state index contributed by atoms with van der Waals surface area (Å²) < 4.78 is 27.0. The van der Waals surface area contributed by atoms with Crippen LogP contribution in [0.25, 0.3) is 0 Å². The van der Waals surface area contributed by atoms with Crippen molar-refractivity contribution in [3.63, 3.8) is 0 Å². The quantitative estimate of drug-likeness (QED) is 0.764. The van der Waals surface area contributed by atoms with Gasteiger partial charge in [-0.1, -0.05) is 30.1 Å². The maximum atomic E-state index is 11.5. The first kappa shape index (κ1) is 15.6. The molecule has 0 saturated heterocycles. The summed E-state index contributed by atoms with van der Waals surface area (Å²) in [6.07, 6.45) is 1.35. The first-order valence-electron chi connectivity index (χ1n) is 4.11. The lowest BCUT2D eigenvalue weighted by molar-refractivity contribution is 0.271. The molecule has 0 aliphatic rings. The third kappa shape index (κ3) is 8.43. The van der Waals surface area contributed by atoms with Crippen molar-refractivity contribution in [2.45, 2.75) is 12.2 Å². The number of rotatable bonds is 6. The van der Waals surface area contributed by atoms with Crippen LogP contribution in [0, 0.1) is 0 Å². The molecule has 0 rings (SSSR count). The van der Waals surface area contributed by atoms with Gasteiger partial charge in [-0.25, -0.2) is 0 Å². The molecule has 0 bridgehead atoms. The molecule has 0 heterocycles. The molecular weight excluding hydrogens is 282 g/mol. The first-order chi connectivity index (χ1) is 6.76. The summed E-state index contributed by atoms with van der Waals surface area (Å²) in [5.74, 6) is 0.394. The van der Waals surface area contributed by atoms with Gasteiger partial charge in [0.15, 0.2) is 0 Å². The Morgan fingerprint density at radius 3 is 2.53 bits per heavy atom. The van der Waals surface area contributed by atoms with Crippen LogP contribution in [0.15, 0.2) is 10.6 Å². The molecule has 0 saturated carbocycles. The molecule has 0 aromatic heterocycles. The Kier molecular flexibility index (Phi) is 7.34. The van der Waals surface area contributed by atoms with Gasteiger partial charge in [0.25, 0.3) is 0 Å². The molecule has 4 nitrogen and oxygen atoms in total. The fraction of sp³-hybridized carbons (Fsp3) is 0.714. The van der Waals surface area contributed by atoms with Gasteiger partial charge in [0.1, 0.15) is 4.49 Å². The first-order valence-corrected chi connectivity index (χ1v) is 8.27. The standard InChI is InChI=1S/C7H13Cl2O4PS/c1-3-15(12)6(4-7(8)9)5-13-14(2,10)11/h4,6H,3,5H2,1-2H3,(H,10,11). The van der Waals surface area contributed by atoms with E-state index in [-0.39, 0.29) is 11.1 Å². The third-order valence-electron chi connectivity index (χ3n) is 1.41. The summed E-state index contributed by atoms with van der Waals surface area (Å²) >= 11 is 10.9. The summed E-state index contributed by atoms with van der Waals surface area (Å²) in [7, 11) is -4.79. The van der Waals surface area contributed by atoms with Gasteiger partial charge in [-0.15, -0.1) is 0 Å². The Hall–Kier alpha value is 0.620. The summed E-state index contributed by atoms with van der Waals surface area (Å²) in [4.78, 5) is 8.90. The van der Waals surface area contributed by atoms with Crippen LogP contribution in [0.3, 0.4) is 0 Å². The molecule has 3 unspecified atom stereocenters. The second kappa shape index (κ2) is 7.05. The van der Waals surface area contributed by atoms with Crippen LogP contribution in [0.1, 0.15) is 6.92 Å². The van der Waals surface area contributed by atoms with Crippen molar-refractivity contribution in [3.05, 3.63) is 10.6 Å². The van der Waals surface area contributed by atoms with E-state index in [1.54, 1.807) is 6.92 Å². The Bertz CT molecular complexity index is 297. The Labute approximate surface area is 102 Å². The predicted molar refractivity (Wildman–Crippen MR) is 64.0 cm³/mol. The molecule has 0 aromatic rings. The van der Waals surface area contributed by atoms with Gasteiger partial charge in [0.2, 0.25) is 0 Å². The molecule has 0 radical (unpaired) electrons. The zero-order valence-electron chi connectivity index (χ0n) is 8.35. The van der Waals surface area contributed by atoms with Crippen LogP contribution in [0.4, 0.5) is 0 Å². The number of halogens is 2. The average Bonchev–Trinajstić information content (AvgIpc) is 2.09. The SMILES string of the molecule is CCS(=O)C(C=C(Cl)Cl)COP(C)(=O)O. The minimum atomic E-state index is -3.56. The maximum absolute atomic E-state index is 11.5. The molecule has 0 aliphatic heterocycles. The lowest BCUT2D eigenvalue weighted by Crippen LogP contribution is -2.20. The van der Waals surface area contributed by atoms with Gasteiger partial charge in [-0.2, -0.15) is 0 Å². The van der Waals surface area contributed by atoms with Crippen molar-refractivity contribution in [1.29, 1.82) is 0 Å². The van der Waals surface area contributed by atoms with Gasteiger partial charge < -0.3 is 9.42 Å². The highest BCUT2D eigenvalue weighted by Gasteiger charge is 2.18. The summed E-state index contributed by atoms with van der Waals surface area (Å²) in [6, 6.07) is 0. The molecule has 0 spiro atoms. The molecule has 8 heteroatoms. The monoisotopic (exact) mass is 294 g/mol. The molecule has 15 heavy (non-hydrogen) atoms. The fourth-order valence-electron chi connectivity index (χ4n) is 0.766. The van der Waals surface area contributed by atoms with Crippen molar-refractivity contribution < 1.29 is 18.2 Å². The van der Waals surface area contributed by atoms with E-state index >= 15 is 0 Å². The Morgan fingerprint density at radius 2 is 2.20 bits per heavy atom. The van der Waals surface area contributed by atoms with Crippen LogP contribution in [-0.4, -0.2) is 33.4 Å². The van der Waals surface area contributed by atoms with Crippen LogP contribution >= 0.6 is 30.8 Å². The van der Waals surface area contributed by atoms with Gasteiger partial charge in [0, 0.05) is 23.2 Å². The molecule has 0 aromatic carbocycles. The van der Waals surface area contributed by atoms with Crippen molar-refractivity contribution >= 4 is 41.6 Å². The largest absolute Gasteiger partial charge is 0.325 e. The van der Waals surface area contributed by atoms with Crippen LogP contribution in [0.2, 0.25) is 0 Å². The second-order valence-electron chi connectivity index (χ2n) is 2.76. The highest BCUT2D eigenvalue weighted by Crippen LogP contribution is 2.36. The van der Waals surface area contributed by atoms with E-state index in [2.05, 4.69) is 4.52 Å². The van der Waals surface area contributed by atoms with Crippen LogP contribution < -0.4 is 0 Å². The highest BCUT2D eigenvalue weighted by atomic mass is 35.5. The fourth-order valence-corrected chi connectivity index (χ4v) is 2.69. The van der Waals surface area contributed by atoms with Gasteiger partial charge in [-0.3, -0.25) is 8.77 Å². The summed E-state index contributed by atoms with van der Waals surface area (Å²) in [5.41, 5.74) is 0. The van der Waals surface area contributed by atoms with E-state index in [0.29, 0.717) is 5.75 Å². The van der Waals surface area contributed by atoms with Crippen molar-refractivity contribution in [3.8, 4) is 0 Å². The van der Waals surface area contributed by atoms with Crippen molar-refractivity contribution in [1.82, 2.24) is 0 Å². The number of hydrogen-bond acceptors (Lipinski definition) is 3. The molecule has 1 N–H and O–H groups in total. The van der Waals surface area contributed by atoms with Gasteiger partial charge >= 0.3 is 7.60 Å². The summed E-state index contributed by atoms with van der Waals surface area (Å²) in [6.45, 7) is 2.64. The predicted octanol–water partition coefficient (Wildman–Crippen LogP) is 2.27. The van der Waals surface area contributed by atoms with E-state index in [1.807, 2.05) is 0 Å². The minimum Gasteiger partial charge on any atom is -0.324 e.